The SMILES string of the molecule is CCc1cccc(C)c1NC(=O)c1ccc(S(=O)(=O)N2C[C@H](C)O[C@@H](C)C2)cc1. The van der Waals surface area contributed by atoms with Crippen LogP contribution >= 0.6 is 0 Å². The summed E-state index contributed by atoms with van der Waals surface area (Å²) in [5.41, 5.74) is 3.28. The summed E-state index contributed by atoms with van der Waals surface area (Å²) < 4.78 is 33.0. The molecule has 3 rings (SSSR count). The zero-order chi connectivity index (χ0) is 21.2. The second-order valence-electron chi connectivity index (χ2n) is 7.52. The lowest BCUT2D eigenvalue weighted by Crippen LogP contribution is -2.48. The molecule has 0 spiro atoms. The summed E-state index contributed by atoms with van der Waals surface area (Å²) in [6, 6.07) is 12.0. The Morgan fingerprint density at radius 2 is 1.72 bits per heavy atom. The molecule has 2 atom stereocenters. The lowest BCUT2D eigenvalue weighted by molar-refractivity contribution is -0.0440. The molecular weight excluding hydrogens is 388 g/mol. The summed E-state index contributed by atoms with van der Waals surface area (Å²) in [5.74, 6) is -0.258. The maximum atomic E-state index is 12.9. The predicted molar refractivity (Wildman–Crippen MR) is 114 cm³/mol. The number of anilines is 1. The van der Waals surface area contributed by atoms with Crippen molar-refractivity contribution in [2.45, 2.75) is 51.2 Å². The smallest absolute Gasteiger partial charge is 0.255 e. The molecule has 0 saturated carbocycles. The molecule has 6 nitrogen and oxygen atoms in total. The molecule has 7 heteroatoms. The molecule has 1 fully saturated rings. The van der Waals surface area contributed by atoms with Gasteiger partial charge in [0.1, 0.15) is 0 Å². The summed E-state index contributed by atoms with van der Waals surface area (Å²) in [6.07, 6.45) is 0.506. The first-order valence-corrected chi connectivity index (χ1v) is 11.3. The molecule has 1 saturated heterocycles. The van der Waals surface area contributed by atoms with E-state index in [-0.39, 0.29) is 23.0 Å². The van der Waals surface area contributed by atoms with Crippen LogP contribution in [0.1, 0.15) is 42.3 Å². The lowest BCUT2D eigenvalue weighted by Gasteiger charge is -2.34. The number of amides is 1. The molecule has 1 N–H and O–H groups in total. The van der Waals surface area contributed by atoms with E-state index in [0.29, 0.717) is 18.7 Å². The van der Waals surface area contributed by atoms with E-state index >= 15 is 0 Å². The predicted octanol–water partition coefficient (Wildman–Crippen LogP) is 3.61. The van der Waals surface area contributed by atoms with Gasteiger partial charge < -0.3 is 10.1 Å². The molecule has 1 heterocycles. The van der Waals surface area contributed by atoms with Crippen LogP contribution in [0, 0.1) is 6.92 Å². The number of ether oxygens (including phenoxy) is 1. The molecule has 2 aromatic rings. The zero-order valence-corrected chi connectivity index (χ0v) is 18.1. The molecule has 0 radical (unpaired) electrons. The third-order valence-electron chi connectivity index (χ3n) is 5.12. The first kappa shape index (κ1) is 21.5. The number of rotatable bonds is 5. The molecule has 0 bridgehead atoms. The number of para-hydroxylation sites is 1. The Balaban J connectivity index is 1.79. The Morgan fingerprint density at radius 1 is 1.10 bits per heavy atom. The van der Waals surface area contributed by atoms with Gasteiger partial charge in [-0.2, -0.15) is 4.31 Å². The van der Waals surface area contributed by atoms with E-state index in [4.69, 9.17) is 4.74 Å². The Morgan fingerprint density at radius 3 is 2.31 bits per heavy atom. The van der Waals surface area contributed by atoms with Crippen molar-refractivity contribution in [1.82, 2.24) is 4.31 Å². The fourth-order valence-electron chi connectivity index (χ4n) is 3.64. The van der Waals surface area contributed by atoms with E-state index in [9.17, 15) is 13.2 Å². The summed E-state index contributed by atoms with van der Waals surface area (Å²) in [6.45, 7) is 8.36. The monoisotopic (exact) mass is 416 g/mol. The van der Waals surface area contributed by atoms with Gasteiger partial charge in [0, 0.05) is 24.3 Å². The van der Waals surface area contributed by atoms with Crippen LogP contribution in [-0.2, 0) is 21.2 Å². The molecule has 0 aromatic heterocycles. The normalized spacial score (nSPS) is 20.4. The summed E-state index contributed by atoms with van der Waals surface area (Å²) in [5, 5.41) is 2.96. The van der Waals surface area contributed by atoms with Crippen molar-refractivity contribution in [3.8, 4) is 0 Å². The van der Waals surface area contributed by atoms with Gasteiger partial charge in [-0.1, -0.05) is 25.1 Å². The van der Waals surface area contributed by atoms with Crippen LogP contribution in [0.2, 0.25) is 0 Å². The number of aryl methyl sites for hydroxylation is 2. The number of nitrogens with one attached hydrogen (secondary N) is 1. The van der Waals surface area contributed by atoms with Crippen LogP contribution < -0.4 is 5.32 Å². The van der Waals surface area contributed by atoms with E-state index in [1.54, 1.807) is 12.1 Å². The van der Waals surface area contributed by atoms with Crippen molar-refractivity contribution in [2.75, 3.05) is 18.4 Å². The molecule has 1 amide bonds. The highest BCUT2D eigenvalue weighted by Gasteiger charge is 2.32. The molecule has 0 unspecified atom stereocenters. The van der Waals surface area contributed by atoms with Crippen molar-refractivity contribution >= 4 is 21.6 Å². The van der Waals surface area contributed by atoms with E-state index in [1.807, 2.05) is 45.9 Å². The van der Waals surface area contributed by atoms with Crippen molar-refractivity contribution in [3.05, 3.63) is 59.2 Å². The average Bonchev–Trinajstić information content (AvgIpc) is 2.68. The molecule has 156 valence electrons. The first-order valence-electron chi connectivity index (χ1n) is 9.88. The largest absolute Gasteiger partial charge is 0.373 e. The van der Waals surface area contributed by atoms with E-state index in [1.165, 1.54) is 16.4 Å². The highest BCUT2D eigenvalue weighted by molar-refractivity contribution is 7.89. The summed E-state index contributed by atoms with van der Waals surface area (Å²) in [4.78, 5) is 12.9. The fourth-order valence-corrected chi connectivity index (χ4v) is 5.23. The molecule has 1 aliphatic rings. The standard InChI is InChI=1S/C22H28N2O4S/c1-5-18-8-6-7-15(2)21(18)23-22(25)19-9-11-20(12-10-19)29(26,27)24-13-16(3)28-17(4)14-24/h6-12,16-17H,5,13-14H2,1-4H3,(H,23,25)/t16-,17-/m0/s1. The number of carbonyl (C=O) groups excluding carboxylic acids is 1. The van der Waals surface area contributed by atoms with Gasteiger partial charge in [-0.25, -0.2) is 8.42 Å². The van der Waals surface area contributed by atoms with Gasteiger partial charge in [-0.3, -0.25) is 4.79 Å². The quantitative estimate of drug-likeness (QED) is 0.808. The van der Waals surface area contributed by atoms with Gasteiger partial charge in [-0.15, -0.1) is 0 Å². The Kier molecular flexibility index (Phi) is 6.41. The second-order valence-corrected chi connectivity index (χ2v) is 9.46. The summed E-state index contributed by atoms with van der Waals surface area (Å²) in [7, 11) is -3.62. The maximum Gasteiger partial charge on any atom is 0.255 e. The second kappa shape index (κ2) is 8.65. The third-order valence-corrected chi connectivity index (χ3v) is 6.96. The molecule has 29 heavy (non-hydrogen) atoms. The molecule has 1 aliphatic heterocycles. The Labute approximate surface area is 172 Å². The van der Waals surface area contributed by atoms with E-state index in [0.717, 1.165) is 23.2 Å². The number of morpholine rings is 1. The van der Waals surface area contributed by atoms with Crippen LogP contribution in [0.4, 0.5) is 5.69 Å². The van der Waals surface area contributed by atoms with Crippen LogP contribution in [0.25, 0.3) is 0 Å². The van der Waals surface area contributed by atoms with Crippen LogP contribution in [0.15, 0.2) is 47.4 Å². The van der Waals surface area contributed by atoms with Gasteiger partial charge in [0.05, 0.1) is 17.1 Å². The van der Waals surface area contributed by atoms with Gasteiger partial charge in [-0.05, 0) is 62.6 Å². The van der Waals surface area contributed by atoms with Gasteiger partial charge >= 0.3 is 0 Å². The lowest BCUT2D eigenvalue weighted by atomic mass is 10.1. The van der Waals surface area contributed by atoms with Gasteiger partial charge in [0.25, 0.3) is 5.91 Å². The van der Waals surface area contributed by atoms with Gasteiger partial charge in [0.2, 0.25) is 10.0 Å². The number of sulfonamides is 1. The minimum atomic E-state index is -3.62. The van der Waals surface area contributed by atoms with Crippen molar-refractivity contribution < 1.29 is 17.9 Å². The summed E-state index contributed by atoms with van der Waals surface area (Å²) >= 11 is 0. The first-order chi connectivity index (χ1) is 13.7. The van der Waals surface area contributed by atoms with Gasteiger partial charge in [0.15, 0.2) is 0 Å². The third kappa shape index (κ3) is 4.69. The topological polar surface area (TPSA) is 75.7 Å². The number of hydrogen-bond acceptors (Lipinski definition) is 4. The van der Waals surface area contributed by atoms with Crippen LogP contribution in [-0.4, -0.2) is 43.9 Å². The van der Waals surface area contributed by atoms with Crippen molar-refractivity contribution in [2.24, 2.45) is 0 Å². The van der Waals surface area contributed by atoms with Crippen molar-refractivity contribution in [1.29, 1.82) is 0 Å². The Bertz CT molecular complexity index is 976. The van der Waals surface area contributed by atoms with E-state index < -0.39 is 10.0 Å². The van der Waals surface area contributed by atoms with E-state index in [2.05, 4.69) is 5.32 Å². The molecule has 2 aromatic carbocycles. The minimum Gasteiger partial charge on any atom is -0.373 e. The maximum absolute atomic E-state index is 12.9. The number of nitrogens with zero attached hydrogens (tertiary/aromatic N) is 1. The minimum absolute atomic E-state index is 0.152. The molecule has 0 aliphatic carbocycles. The van der Waals surface area contributed by atoms with Crippen LogP contribution in [0.3, 0.4) is 0 Å². The van der Waals surface area contributed by atoms with Crippen molar-refractivity contribution in [3.63, 3.8) is 0 Å². The highest BCUT2D eigenvalue weighted by atomic mass is 32.2. The van der Waals surface area contributed by atoms with Crippen LogP contribution in [0.5, 0.6) is 0 Å². The average molecular weight is 417 g/mol. The highest BCUT2D eigenvalue weighted by Crippen LogP contribution is 2.24. The zero-order valence-electron chi connectivity index (χ0n) is 17.3. The number of carbonyl (C=O) groups is 1. The number of hydrogen-bond donors (Lipinski definition) is 1. The number of benzene rings is 2. The fraction of sp³-hybridized carbons (Fsp3) is 0.409. The Hall–Kier alpha value is -2.22. The molecular formula is C22H28N2O4S.